The Labute approximate surface area is 115 Å². The molecule has 0 saturated carbocycles. The van der Waals surface area contributed by atoms with Crippen LogP contribution in [0.5, 0.6) is 11.5 Å². The molecule has 19 heavy (non-hydrogen) atoms. The molecular formula is C13H15NO4S. The Balaban J connectivity index is 1.86. The molecule has 3 rings (SSSR count). The number of carboxylic acid groups (broad SMARTS) is 1. The monoisotopic (exact) mass is 281 g/mol. The maximum atomic E-state index is 11.3. The van der Waals surface area contributed by atoms with E-state index in [4.69, 9.17) is 9.47 Å². The van der Waals surface area contributed by atoms with Gasteiger partial charge in [0.1, 0.15) is 6.04 Å². The van der Waals surface area contributed by atoms with Crippen molar-refractivity contribution in [3.05, 3.63) is 23.8 Å². The number of hydrogen-bond acceptors (Lipinski definition) is 5. The summed E-state index contributed by atoms with van der Waals surface area (Å²) in [6.45, 7) is 4.13. The van der Waals surface area contributed by atoms with Gasteiger partial charge in [0.15, 0.2) is 11.5 Å². The molecule has 1 aromatic rings. The Morgan fingerprint density at radius 3 is 2.84 bits per heavy atom. The SMILES string of the molecule is CC1(C)SC(c2ccc3c(c2)OCO3)N[C@H]1C(=O)O. The summed E-state index contributed by atoms with van der Waals surface area (Å²) in [7, 11) is 0. The zero-order chi connectivity index (χ0) is 13.6. The van der Waals surface area contributed by atoms with E-state index in [1.165, 1.54) is 0 Å². The average molecular weight is 281 g/mol. The first-order valence-electron chi connectivity index (χ1n) is 6.03. The third kappa shape index (κ3) is 2.15. The van der Waals surface area contributed by atoms with Gasteiger partial charge < -0.3 is 14.6 Å². The number of nitrogens with one attached hydrogen (secondary N) is 1. The van der Waals surface area contributed by atoms with Crippen LogP contribution in [0.2, 0.25) is 0 Å². The number of ether oxygens (including phenoxy) is 2. The summed E-state index contributed by atoms with van der Waals surface area (Å²) in [5.41, 5.74) is 1.01. The van der Waals surface area contributed by atoms with Crippen LogP contribution in [0.3, 0.4) is 0 Å². The first-order valence-corrected chi connectivity index (χ1v) is 6.91. The average Bonchev–Trinajstić information content (AvgIpc) is 2.91. The zero-order valence-electron chi connectivity index (χ0n) is 10.7. The Morgan fingerprint density at radius 2 is 2.16 bits per heavy atom. The Morgan fingerprint density at radius 1 is 1.42 bits per heavy atom. The van der Waals surface area contributed by atoms with Crippen molar-refractivity contribution >= 4 is 17.7 Å². The van der Waals surface area contributed by atoms with Crippen molar-refractivity contribution < 1.29 is 19.4 Å². The van der Waals surface area contributed by atoms with Crippen molar-refractivity contribution in [2.24, 2.45) is 0 Å². The maximum absolute atomic E-state index is 11.3. The molecule has 1 saturated heterocycles. The summed E-state index contributed by atoms with van der Waals surface area (Å²) in [4.78, 5) is 11.3. The number of benzene rings is 1. The van der Waals surface area contributed by atoms with Crippen LogP contribution in [0.15, 0.2) is 18.2 Å². The molecule has 6 heteroatoms. The highest BCUT2D eigenvalue weighted by atomic mass is 32.2. The van der Waals surface area contributed by atoms with E-state index in [0.29, 0.717) is 0 Å². The molecule has 0 bridgehead atoms. The fourth-order valence-corrected chi connectivity index (χ4v) is 3.77. The normalized spacial score (nSPS) is 27.5. The summed E-state index contributed by atoms with van der Waals surface area (Å²) in [5, 5.41) is 12.4. The molecule has 102 valence electrons. The van der Waals surface area contributed by atoms with Gasteiger partial charge in [0.25, 0.3) is 0 Å². The van der Waals surface area contributed by atoms with Crippen LogP contribution >= 0.6 is 11.8 Å². The van der Waals surface area contributed by atoms with Crippen molar-refractivity contribution in [2.75, 3.05) is 6.79 Å². The van der Waals surface area contributed by atoms with Crippen molar-refractivity contribution in [3.8, 4) is 11.5 Å². The predicted octanol–water partition coefficient (Wildman–Crippen LogP) is 1.98. The smallest absolute Gasteiger partial charge is 0.322 e. The molecule has 2 aliphatic heterocycles. The highest BCUT2D eigenvalue weighted by molar-refractivity contribution is 8.01. The van der Waals surface area contributed by atoms with E-state index < -0.39 is 12.0 Å². The van der Waals surface area contributed by atoms with Crippen LogP contribution in [0.25, 0.3) is 0 Å². The molecule has 1 unspecified atom stereocenters. The zero-order valence-corrected chi connectivity index (χ0v) is 11.5. The van der Waals surface area contributed by atoms with Crippen molar-refractivity contribution in [1.82, 2.24) is 5.32 Å². The lowest BCUT2D eigenvalue weighted by molar-refractivity contribution is -0.139. The maximum Gasteiger partial charge on any atom is 0.322 e. The molecule has 1 aromatic carbocycles. The minimum atomic E-state index is -0.819. The molecule has 2 atom stereocenters. The number of thioether (sulfide) groups is 1. The largest absolute Gasteiger partial charge is 0.480 e. The summed E-state index contributed by atoms with van der Waals surface area (Å²) in [6, 6.07) is 5.15. The highest BCUT2D eigenvalue weighted by Gasteiger charge is 2.45. The van der Waals surface area contributed by atoms with Gasteiger partial charge in [-0.2, -0.15) is 0 Å². The van der Waals surface area contributed by atoms with Gasteiger partial charge in [-0.3, -0.25) is 10.1 Å². The van der Waals surface area contributed by atoms with Gasteiger partial charge in [-0.15, -0.1) is 11.8 Å². The van der Waals surface area contributed by atoms with Crippen LogP contribution in [0.4, 0.5) is 0 Å². The topological polar surface area (TPSA) is 67.8 Å². The minimum Gasteiger partial charge on any atom is -0.480 e. The van der Waals surface area contributed by atoms with E-state index in [2.05, 4.69) is 5.32 Å². The van der Waals surface area contributed by atoms with Gasteiger partial charge in [0, 0.05) is 4.75 Å². The van der Waals surface area contributed by atoms with Gasteiger partial charge in [-0.25, -0.2) is 0 Å². The number of rotatable bonds is 2. The summed E-state index contributed by atoms with van der Waals surface area (Å²) < 4.78 is 10.3. The van der Waals surface area contributed by atoms with Crippen LogP contribution in [0.1, 0.15) is 24.8 Å². The van der Waals surface area contributed by atoms with E-state index in [9.17, 15) is 9.90 Å². The molecule has 0 aliphatic carbocycles. The predicted molar refractivity (Wildman–Crippen MR) is 71.5 cm³/mol. The standard InChI is InChI=1S/C13H15NO4S/c1-13(2)10(12(15)16)14-11(19-13)7-3-4-8-9(5-7)18-6-17-8/h3-5,10-11,14H,6H2,1-2H3,(H,15,16)/t10-,11?/m0/s1. The lowest BCUT2D eigenvalue weighted by Gasteiger charge is -2.20. The van der Waals surface area contributed by atoms with Gasteiger partial charge in [-0.1, -0.05) is 6.07 Å². The molecule has 0 amide bonds. The quantitative estimate of drug-likeness (QED) is 0.864. The van der Waals surface area contributed by atoms with E-state index >= 15 is 0 Å². The highest BCUT2D eigenvalue weighted by Crippen LogP contribution is 2.47. The first-order chi connectivity index (χ1) is 8.97. The lowest BCUT2D eigenvalue weighted by atomic mass is 10.0. The number of hydrogen-bond donors (Lipinski definition) is 2. The number of aliphatic carboxylic acids is 1. The number of carboxylic acids is 1. The fraction of sp³-hybridized carbons (Fsp3) is 0.462. The van der Waals surface area contributed by atoms with Crippen molar-refractivity contribution in [2.45, 2.75) is 30.0 Å². The molecule has 2 heterocycles. The van der Waals surface area contributed by atoms with Crippen LogP contribution in [-0.4, -0.2) is 28.7 Å². The summed E-state index contributed by atoms with van der Waals surface area (Å²) in [5.74, 6) is 0.637. The molecule has 5 nitrogen and oxygen atoms in total. The molecule has 0 radical (unpaired) electrons. The molecule has 1 fully saturated rings. The third-order valence-electron chi connectivity index (χ3n) is 3.38. The Kier molecular flexibility index (Phi) is 2.87. The van der Waals surface area contributed by atoms with Crippen molar-refractivity contribution in [3.63, 3.8) is 0 Å². The van der Waals surface area contributed by atoms with Gasteiger partial charge in [0.05, 0.1) is 5.37 Å². The van der Waals surface area contributed by atoms with Crippen LogP contribution in [-0.2, 0) is 4.79 Å². The van der Waals surface area contributed by atoms with E-state index in [0.717, 1.165) is 17.1 Å². The molecule has 0 spiro atoms. The minimum absolute atomic E-state index is 0.0504. The third-order valence-corrected chi connectivity index (χ3v) is 4.87. The van der Waals surface area contributed by atoms with E-state index in [1.807, 2.05) is 32.0 Å². The number of carbonyl (C=O) groups is 1. The number of fused-ring (bicyclic) bond motifs is 1. The van der Waals surface area contributed by atoms with Crippen LogP contribution < -0.4 is 14.8 Å². The lowest BCUT2D eigenvalue weighted by Crippen LogP contribution is -2.43. The van der Waals surface area contributed by atoms with Gasteiger partial charge in [-0.05, 0) is 31.5 Å². The first kappa shape index (κ1) is 12.6. The van der Waals surface area contributed by atoms with Gasteiger partial charge in [0.2, 0.25) is 6.79 Å². The summed E-state index contributed by atoms with van der Waals surface area (Å²) >= 11 is 1.61. The second-order valence-corrected chi connectivity index (χ2v) is 6.91. The second kappa shape index (κ2) is 4.31. The second-order valence-electron chi connectivity index (χ2n) is 5.15. The van der Waals surface area contributed by atoms with E-state index in [1.54, 1.807) is 11.8 Å². The fourth-order valence-electron chi connectivity index (χ4n) is 2.37. The molecule has 0 aromatic heterocycles. The molecule has 2 aliphatic rings. The van der Waals surface area contributed by atoms with Crippen LogP contribution in [0, 0.1) is 0 Å². The Hall–Kier alpha value is -1.40. The Bertz CT molecular complexity index is 531. The molecule has 2 N–H and O–H groups in total. The van der Waals surface area contributed by atoms with Crippen molar-refractivity contribution in [1.29, 1.82) is 0 Å². The van der Waals surface area contributed by atoms with E-state index in [-0.39, 0.29) is 16.9 Å². The molecular weight excluding hydrogens is 266 g/mol. The summed E-state index contributed by atoms with van der Waals surface area (Å²) in [6.07, 6.45) is 0. The van der Waals surface area contributed by atoms with Gasteiger partial charge >= 0.3 is 5.97 Å².